The van der Waals surface area contributed by atoms with Gasteiger partial charge in [-0.15, -0.1) is 0 Å². The SMILES string of the molecule is Cc1c(C2CCC(CCNC3(C(N)=O)CCOCC3)CC2)ccc(F)c1F.Cc1c(C2CCC(CCNC3(C(N)=O)CCOCC3)CC2)ccc(F)c1F. The van der Waals surface area contributed by atoms with Crippen molar-refractivity contribution in [3.63, 3.8) is 0 Å². The molecule has 2 aromatic carbocycles. The van der Waals surface area contributed by atoms with Crippen LogP contribution in [0.3, 0.4) is 0 Å². The minimum atomic E-state index is -0.771. The first kappa shape index (κ1) is 42.1. The molecule has 2 aromatic rings. The van der Waals surface area contributed by atoms with Gasteiger partial charge in [-0.3, -0.25) is 9.59 Å². The summed E-state index contributed by atoms with van der Waals surface area (Å²) >= 11 is 0. The zero-order valence-electron chi connectivity index (χ0n) is 32.1. The number of benzene rings is 2. The van der Waals surface area contributed by atoms with Gasteiger partial charge in [0, 0.05) is 26.4 Å². The Morgan fingerprint density at radius 2 is 0.944 bits per heavy atom. The largest absolute Gasteiger partial charge is 0.381 e. The molecular weight excluding hydrogens is 700 g/mol. The van der Waals surface area contributed by atoms with Crippen LogP contribution in [0.25, 0.3) is 0 Å². The number of carbonyl (C=O) groups is 2. The van der Waals surface area contributed by atoms with Crippen LogP contribution in [-0.4, -0.2) is 62.4 Å². The van der Waals surface area contributed by atoms with E-state index in [1.807, 2.05) is 0 Å². The summed E-state index contributed by atoms with van der Waals surface area (Å²) < 4.78 is 65.1. The fourth-order valence-corrected chi connectivity index (χ4v) is 9.23. The van der Waals surface area contributed by atoms with Gasteiger partial charge < -0.3 is 31.6 Å². The normalized spacial score (nSPS) is 25.3. The van der Waals surface area contributed by atoms with Crippen molar-refractivity contribution in [3.8, 4) is 0 Å². The Morgan fingerprint density at radius 1 is 0.611 bits per heavy atom. The highest BCUT2D eigenvalue weighted by Gasteiger charge is 2.39. The molecule has 6 rings (SSSR count). The molecule has 2 saturated carbocycles. The number of carbonyl (C=O) groups excluding carboxylic acids is 2. The van der Waals surface area contributed by atoms with Crippen LogP contribution in [0.15, 0.2) is 24.3 Å². The van der Waals surface area contributed by atoms with E-state index in [9.17, 15) is 27.2 Å². The van der Waals surface area contributed by atoms with Crippen molar-refractivity contribution in [2.45, 2.75) is 127 Å². The highest BCUT2D eigenvalue weighted by atomic mass is 19.2. The Morgan fingerprint density at radius 3 is 1.26 bits per heavy atom. The zero-order valence-corrected chi connectivity index (χ0v) is 32.1. The van der Waals surface area contributed by atoms with Crippen LogP contribution in [0, 0.1) is 49.0 Å². The van der Waals surface area contributed by atoms with Gasteiger partial charge in [-0.25, -0.2) is 17.6 Å². The second-order valence-corrected chi connectivity index (χ2v) is 16.1. The quantitative estimate of drug-likeness (QED) is 0.171. The molecule has 4 fully saturated rings. The average Bonchev–Trinajstić information content (AvgIpc) is 3.18. The minimum Gasteiger partial charge on any atom is -0.381 e. The standard InChI is InChI=1S/2C21H30F2N2O2/c2*1-14-17(6-7-18(22)19(14)23)16-4-2-15(3-5-16)8-11-25-21(20(24)26)9-12-27-13-10-21/h2*6-7,15-16,25H,2-5,8-13H2,1H3,(H2,24,26). The molecule has 2 aliphatic carbocycles. The topological polar surface area (TPSA) is 129 Å². The lowest BCUT2D eigenvalue weighted by Gasteiger charge is -2.36. The van der Waals surface area contributed by atoms with Crippen molar-refractivity contribution >= 4 is 11.8 Å². The predicted molar refractivity (Wildman–Crippen MR) is 201 cm³/mol. The summed E-state index contributed by atoms with van der Waals surface area (Å²) in [6.07, 6.45) is 12.8. The van der Waals surface area contributed by atoms with E-state index in [1.165, 1.54) is 12.1 Å². The first-order valence-electron chi connectivity index (χ1n) is 20.0. The van der Waals surface area contributed by atoms with Crippen LogP contribution in [-0.2, 0) is 19.1 Å². The zero-order chi connectivity index (χ0) is 38.9. The van der Waals surface area contributed by atoms with Crippen molar-refractivity contribution in [1.82, 2.24) is 10.6 Å². The van der Waals surface area contributed by atoms with Gasteiger partial charge in [-0.05, 0) is 175 Å². The summed E-state index contributed by atoms with van der Waals surface area (Å²) in [5.74, 6) is -1.77. The number of nitrogens with two attached hydrogens (primary N) is 2. The Bertz CT molecular complexity index is 1450. The maximum atomic E-state index is 13.8. The molecule has 2 aliphatic heterocycles. The molecule has 2 saturated heterocycles. The highest BCUT2D eigenvalue weighted by Crippen LogP contribution is 2.40. The van der Waals surface area contributed by atoms with E-state index >= 15 is 0 Å². The van der Waals surface area contributed by atoms with Crippen LogP contribution >= 0.6 is 0 Å². The van der Waals surface area contributed by atoms with Gasteiger partial charge >= 0.3 is 0 Å². The van der Waals surface area contributed by atoms with E-state index in [1.54, 1.807) is 26.0 Å². The van der Waals surface area contributed by atoms with Gasteiger partial charge in [-0.2, -0.15) is 0 Å². The summed E-state index contributed by atoms with van der Waals surface area (Å²) in [4.78, 5) is 23.8. The lowest BCUT2D eigenvalue weighted by atomic mass is 9.76. The lowest BCUT2D eigenvalue weighted by molar-refractivity contribution is -0.129. The van der Waals surface area contributed by atoms with Gasteiger partial charge in [-0.1, -0.05) is 12.1 Å². The number of primary amides is 2. The number of hydrogen-bond donors (Lipinski definition) is 4. The second kappa shape index (κ2) is 19.2. The van der Waals surface area contributed by atoms with E-state index < -0.39 is 34.3 Å². The Labute approximate surface area is 317 Å². The Hall–Kier alpha value is -3.06. The summed E-state index contributed by atoms with van der Waals surface area (Å²) in [5, 5.41) is 6.80. The summed E-state index contributed by atoms with van der Waals surface area (Å²) in [6.45, 7) is 7.12. The molecule has 2 amide bonds. The monoisotopic (exact) mass is 760 g/mol. The van der Waals surface area contributed by atoms with Crippen LogP contribution in [0.1, 0.15) is 124 Å². The van der Waals surface area contributed by atoms with E-state index in [0.29, 0.717) is 86.9 Å². The third-order valence-electron chi connectivity index (χ3n) is 13.0. The number of hydrogen-bond acceptors (Lipinski definition) is 6. The molecule has 0 aromatic heterocycles. The number of nitrogens with one attached hydrogen (secondary N) is 2. The van der Waals surface area contributed by atoms with Gasteiger partial charge in [0.1, 0.15) is 11.1 Å². The van der Waals surface area contributed by atoms with E-state index in [0.717, 1.165) is 88.4 Å². The van der Waals surface area contributed by atoms with Gasteiger partial charge in [0.2, 0.25) is 11.8 Å². The summed E-state index contributed by atoms with van der Waals surface area (Å²) in [5.41, 5.74) is 12.8. The molecule has 0 spiro atoms. The maximum absolute atomic E-state index is 13.8. The molecule has 8 nitrogen and oxygen atoms in total. The van der Waals surface area contributed by atoms with Crippen molar-refractivity contribution in [2.75, 3.05) is 39.5 Å². The molecule has 4 aliphatic rings. The van der Waals surface area contributed by atoms with E-state index in [-0.39, 0.29) is 11.8 Å². The molecule has 0 atom stereocenters. The maximum Gasteiger partial charge on any atom is 0.237 e. The number of ether oxygens (including phenoxy) is 2. The van der Waals surface area contributed by atoms with E-state index in [2.05, 4.69) is 10.6 Å². The first-order chi connectivity index (χ1) is 25.9. The molecule has 6 N–H and O–H groups in total. The average molecular weight is 761 g/mol. The lowest BCUT2D eigenvalue weighted by Crippen LogP contribution is -2.58. The van der Waals surface area contributed by atoms with Crippen molar-refractivity contribution in [3.05, 3.63) is 69.8 Å². The fraction of sp³-hybridized carbons (Fsp3) is 0.667. The van der Waals surface area contributed by atoms with Gasteiger partial charge in [0.15, 0.2) is 23.3 Å². The molecule has 12 heteroatoms. The molecule has 0 bridgehead atoms. The molecule has 54 heavy (non-hydrogen) atoms. The number of rotatable bonds is 12. The number of halogens is 4. The summed E-state index contributed by atoms with van der Waals surface area (Å²) in [7, 11) is 0. The molecule has 0 radical (unpaired) electrons. The first-order valence-corrected chi connectivity index (χ1v) is 20.0. The third-order valence-corrected chi connectivity index (χ3v) is 13.0. The van der Waals surface area contributed by atoms with Crippen molar-refractivity contribution < 1.29 is 36.6 Å². The van der Waals surface area contributed by atoms with Gasteiger partial charge in [0.05, 0.1) is 0 Å². The molecule has 0 unspecified atom stereocenters. The van der Waals surface area contributed by atoms with Crippen molar-refractivity contribution in [1.29, 1.82) is 0 Å². The van der Waals surface area contributed by atoms with Crippen LogP contribution in [0.2, 0.25) is 0 Å². The second-order valence-electron chi connectivity index (χ2n) is 16.1. The Kier molecular flexibility index (Phi) is 15.0. The third kappa shape index (κ3) is 10.2. The van der Waals surface area contributed by atoms with Gasteiger partial charge in [0.25, 0.3) is 0 Å². The van der Waals surface area contributed by atoms with Crippen molar-refractivity contribution in [2.24, 2.45) is 23.3 Å². The minimum absolute atomic E-state index is 0.289. The molecule has 2 heterocycles. The number of amides is 2. The van der Waals surface area contributed by atoms with E-state index in [4.69, 9.17) is 20.9 Å². The fourth-order valence-electron chi connectivity index (χ4n) is 9.23. The Balaban J connectivity index is 0.000000208. The van der Waals surface area contributed by atoms with Crippen LogP contribution < -0.4 is 22.1 Å². The van der Waals surface area contributed by atoms with Crippen LogP contribution in [0.5, 0.6) is 0 Å². The smallest absolute Gasteiger partial charge is 0.237 e. The predicted octanol–water partition coefficient (Wildman–Crippen LogP) is 7.12. The van der Waals surface area contributed by atoms with Crippen LogP contribution in [0.4, 0.5) is 17.6 Å². The molecule has 300 valence electrons. The highest BCUT2D eigenvalue weighted by molar-refractivity contribution is 5.85. The molecular formula is C42H60F4N4O4. The summed E-state index contributed by atoms with van der Waals surface area (Å²) in [6, 6.07) is 5.96.